The zero-order valence-corrected chi connectivity index (χ0v) is 10.0. The van der Waals surface area contributed by atoms with Crippen molar-refractivity contribution in [2.24, 2.45) is 0 Å². The normalized spacial score (nSPS) is 11.0. The van der Waals surface area contributed by atoms with Gasteiger partial charge in [0.2, 0.25) is 0 Å². The quantitative estimate of drug-likeness (QED) is 0.848. The van der Waals surface area contributed by atoms with Crippen LogP contribution in [0, 0.1) is 0 Å². The predicted octanol–water partition coefficient (Wildman–Crippen LogP) is 1.99. The molecule has 0 unspecified atom stereocenters. The molecule has 0 aromatic heterocycles. The number of anilines is 1. The molecule has 0 heterocycles. The van der Waals surface area contributed by atoms with Crippen LogP contribution in [0.15, 0.2) is 24.3 Å². The molecule has 0 saturated carbocycles. The Morgan fingerprint density at radius 1 is 1.44 bits per heavy atom. The number of carboxylic acid groups (broad SMARTS) is 1. The van der Waals surface area contributed by atoms with Crippen molar-refractivity contribution in [2.75, 3.05) is 19.1 Å². The molecular formula is C12H17NO3. The van der Waals surface area contributed by atoms with Crippen molar-refractivity contribution >= 4 is 11.7 Å². The molecule has 4 nitrogen and oxygen atoms in total. The fraction of sp³-hybridized carbons (Fsp3) is 0.417. The van der Waals surface area contributed by atoms with E-state index in [-0.39, 0.29) is 0 Å². The SMILES string of the molecule is COc1cccc(N(C)C(C)(C)C(=O)O)c1. The van der Waals surface area contributed by atoms with E-state index in [1.807, 2.05) is 24.3 Å². The molecule has 0 bridgehead atoms. The molecule has 0 spiro atoms. The zero-order chi connectivity index (χ0) is 12.3. The summed E-state index contributed by atoms with van der Waals surface area (Å²) in [6.45, 7) is 3.32. The molecule has 0 saturated heterocycles. The van der Waals surface area contributed by atoms with E-state index in [4.69, 9.17) is 9.84 Å². The van der Waals surface area contributed by atoms with Gasteiger partial charge < -0.3 is 14.7 Å². The Hall–Kier alpha value is -1.71. The van der Waals surface area contributed by atoms with Gasteiger partial charge in [-0.05, 0) is 26.0 Å². The minimum absolute atomic E-state index is 0.713. The minimum atomic E-state index is -0.952. The summed E-state index contributed by atoms with van der Waals surface area (Å²) in [4.78, 5) is 12.8. The smallest absolute Gasteiger partial charge is 0.328 e. The summed E-state index contributed by atoms with van der Waals surface area (Å²) in [5, 5.41) is 9.13. The highest BCUT2D eigenvalue weighted by Crippen LogP contribution is 2.25. The first-order chi connectivity index (χ1) is 7.39. The van der Waals surface area contributed by atoms with Gasteiger partial charge in [0.25, 0.3) is 0 Å². The Balaban J connectivity index is 3.04. The average Bonchev–Trinajstić information content (AvgIpc) is 2.27. The van der Waals surface area contributed by atoms with Gasteiger partial charge in [-0.15, -0.1) is 0 Å². The Labute approximate surface area is 95.5 Å². The zero-order valence-electron chi connectivity index (χ0n) is 10.0. The largest absolute Gasteiger partial charge is 0.497 e. The maximum Gasteiger partial charge on any atom is 0.328 e. The van der Waals surface area contributed by atoms with Gasteiger partial charge in [0.05, 0.1) is 7.11 Å². The fourth-order valence-corrected chi connectivity index (χ4v) is 1.29. The second kappa shape index (κ2) is 4.43. The van der Waals surface area contributed by atoms with Gasteiger partial charge in [0.15, 0.2) is 0 Å². The van der Waals surface area contributed by atoms with Gasteiger partial charge in [-0.3, -0.25) is 0 Å². The van der Waals surface area contributed by atoms with Crippen LogP contribution in [-0.4, -0.2) is 30.8 Å². The predicted molar refractivity (Wildman–Crippen MR) is 63.1 cm³/mol. The third kappa shape index (κ3) is 2.27. The number of ether oxygens (including phenoxy) is 1. The lowest BCUT2D eigenvalue weighted by atomic mass is 10.0. The lowest BCUT2D eigenvalue weighted by molar-refractivity contribution is -0.142. The Bertz CT molecular complexity index is 388. The summed E-state index contributed by atoms with van der Waals surface area (Å²) in [6.07, 6.45) is 0. The number of carbonyl (C=O) groups is 1. The molecule has 0 amide bonds. The Morgan fingerprint density at radius 2 is 2.06 bits per heavy atom. The third-order valence-electron chi connectivity index (χ3n) is 2.80. The van der Waals surface area contributed by atoms with Gasteiger partial charge in [0, 0.05) is 18.8 Å². The van der Waals surface area contributed by atoms with Crippen molar-refractivity contribution in [1.82, 2.24) is 0 Å². The molecule has 16 heavy (non-hydrogen) atoms. The number of carboxylic acids is 1. The van der Waals surface area contributed by atoms with Crippen LogP contribution in [0.1, 0.15) is 13.8 Å². The number of likely N-dealkylation sites (N-methyl/N-ethyl adjacent to an activating group) is 1. The summed E-state index contributed by atoms with van der Waals surface area (Å²) >= 11 is 0. The number of rotatable bonds is 4. The topological polar surface area (TPSA) is 49.8 Å². The van der Waals surface area contributed by atoms with Crippen molar-refractivity contribution in [3.63, 3.8) is 0 Å². The average molecular weight is 223 g/mol. The van der Waals surface area contributed by atoms with Gasteiger partial charge in [-0.2, -0.15) is 0 Å². The van der Waals surface area contributed by atoms with E-state index in [1.54, 1.807) is 32.9 Å². The second-order valence-corrected chi connectivity index (χ2v) is 4.12. The molecule has 0 radical (unpaired) electrons. The van der Waals surface area contributed by atoms with E-state index < -0.39 is 11.5 Å². The Morgan fingerprint density at radius 3 is 2.56 bits per heavy atom. The summed E-state index contributed by atoms with van der Waals surface area (Å²) in [5.74, 6) is -0.150. The number of methoxy groups -OCH3 is 1. The first-order valence-electron chi connectivity index (χ1n) is 5.01. The standard InChI is InChI=1S/C12H17NO3/c1-12(2,11(14)15)13(3)9-6-5-7-10(8-9)16-4/h5-8H,1-4H3,(H,14,15). The van der Waals surface area contributed by atoms with Crippen molar-refractivity contribution < 1.29 is 14.6 Å². The van der Waals surface area contributed by atoms with Gasteiger partial charge in [-0.25, -0.2) is 4.79 Å². The first-order valence-corrected chi connectivity index (χ1v) is 5.01. The highest BCUT2D eigenvalue weighted by atomic mass is 16.5. The number of hydrogen-bond donors (Lipinski definition) is 1. The van der Waals surface area contributed by atoms with Crippen LogP contribution in [0.25, 0.3) is 0 Å². The monoisotopic (exact) mass is 223 g/mol. The molecule has 0 atom stereocenters. The molecule has 1 N–H and O–H groups in total. The minimum Gasteiger partial charge on any atom is -0.497 e. The fourth-order valence-electron chi connectivity index (χ4n) is 1.29. The summed E-state index contributed by atoms with van der Waals surface area (Å²) in [5.41, 5.74) is -0.140. The molecule has 0 aliphatic rings. The third-order valence-corrected chi connectivity index (χ3v) is 2.80. The summed E-state index contributed by atoms with van der Waals surface area (Å²) in [6, 6.07) is 7.33. The highest BCUT2D eigenvalue weighted by Gasteiger charge is 2.32. The molecular weight excluding hydrogens is 206 g/mol. The summed E-state index contributed by atoms with van der Waals surface area (Å²) in [7, 11) is 3.34. The molecule has 4 heteroatoms. The number of nitrogens with zero attached hydrogens (tertiary/aromatic N) is 1. The van der Waals surface area contributed by atoms with E-state index >= 15 is 0 Å². The van der Waals surface area contributed by atoms with E-state index in [9.17, 15) is 4.79 Å². The molecule has 1 aromatic rings. The molecule has 0 fully saturated rings. The molecule has 0 aliphatic heterocycles. The van der Waals surface area contributed by atoms with E-state index in [1.165, 1.54) is 0 Å². The molecule has 88 valence electrons. The van der Waals surface area contributed by atoms with Gasteiger partial charge in [-0.1, -0.05) is 6.07 Å². The van der Waals surface area contributed by atoms with Crippen LogP contribution in [0.4, 0.5) is 5.69 Å². The summed E-state index contributed by atoms with van der Waals surface area (Å²) < 4.78 is 5.10. The first kappa shape index (κ1) is 12.4. The van der Waals surface area contributed by atoms with Crippen molar-refractivity contribution in [1.29, 1.82) is 0 Å². The molecule has 0 aliphatic carbocycles. The van der Waals surface area contributed by atoms with Crippen molar-refractivity contribution in [3.8, 4) is 5.75 Å². The van der Waals surface area contributed by atoms with Crippen LogP contribution in [0.2, 0.25) is 0 Å². The van der Waals surface area contributed by atoms with Crippen LogP contribution in [0.5, 0.6) is 5.75 Å². The maximum absolute atomic E-state index is 11.1. The van der Waals surface area contributed by atoms with Crippen molar-refractivity contribution in [2.45, 2.75) is 19.4 Å². The van der Waals surface area contributed by atoms with Crippen LogP contribution < -0.4 is 9.64 Å². The number of aliphatic carboxylic acids is 1. The van der Waals surface area contributed by atoms with Crippen molar-refractivity contribution in [3.05, 3.63) is 24.3 Å². The van der Waals surface area contributed by atoms with Gasteiger partial charge >= 0.3 is 5.97 Å². The second-order valence-electron chi connectivity index (χ2n) is 4.12. The number of benzene rings is 1. The maximum atomic E-state index is 11.1. The Kier molecular flexibility index (Phi) is 3.42. The lowest BCUT2D eigenvalue weighted by Crippen LogP contribution is -2.48. The van der Waals surface area contributed by atoms with Crippen LogP contribution in [-0.2, 0) is 4.79 Å². The van der Waals surface area contributed by atoms with E-state index in [2.05, 4.69) is 0 Å². The van der Waals surface area contributed by atoms with Crippen LogP contribution >= 0.6 is 0 Å². The van der Waals surface area contributed by atoms with Crippen LogP contribution in [0.3, 0.4) is 0 Å². The van der Waals surface area contributed by atoms with E-state index in [0.717, 1.165) is 5.69 Å². The molecule has 1 rings (SSSR count). The van der Waals surface area contributed by atoms with Gasteiger partial charge in [0.1, 0.15) is 11.3 Å². The number of hydrogen-bond acceptors (Lipinski definition) is 3. The van der Waals surface area contributed by atoms with E-state index in [0.29, 0.717) is 5.75 Å². The molecule has 1 aromatic carbocycles. The highest BCUT2D eigenvalue weighted by molar-refractivity contribution is 5.82. The lowest BCUT2D eigenvalue weighted by Gasteiger charge is -2.33.